The van der Waals surface area contributed by atoms with Crippen LogP contribution < -0.4 is 5.73 Å². The zero-order valence-corrected chi connectivity index (χ0v) is 8.34. The predicted octanol–water partition coefficient (Wildman–Crippen LogP) is 3.24. The number of hydrogen-bond donors (Lipinski definition) is 1. The van der Waals surface area contributed by atoms with Crippen LogP contribution in [0, 0.1) is 5.92 Å². The van der Waals surface area contributed by atoms with Crippen LogP contribution in [0.4, 0.5) is 26.3 Å². The maximum atomic E-state index is 13.0. The van der Waals surface area contributed by atoms with Gasteiger partial charge in [0.15, 0.2) is 0 Å². The summed E-state index contributed by atoms with van der Waals surface area (Å²) in [4.78, 5) is 0. The van der Waals surface area contributed by atoms with Crippen LogP contribution >= 0.6 is 0 Å². The van der Waals surface area contributed by atoms with Crippen molar-refractivity contribution in [1.29, 1.82) is 0 Å². The summed E-state index contributed by atoms with van der Waals surface area (Å²) in [5.41, 5.74) is 4.39. The zero-order chi connectivity index (χ0) is 12.5. The molecule has 0 bridgehead atoms. The number of halogens is 6. The van der Waals surface area contributed by atoms with Crippen molar-refractivity contribution in [2.24, 2.45) is 11.7 Å². The number of nitrogens with two attached hydrogens (primary N) is 1. The average Bonchev–Trinajstić information content (AvgIpc) is 1.98. The van der Waals surface area contributed by atoms with Gasteiger partial charge in [-0.1, -0.05) is 13.8 Å². The minimum Gasteiger partial charge on any atom is -0.294 e. The van der Waals surface area contributed by atoms with Crippen molar-refractivity contribution in [3.8, 4) is 0 Å². The van der Waals surface area contributed by atoms with E-state index in [1.165, 1.54) is 0 Å². The molecule has 1 nitrogen and oxygen atoms in total. The molecule has 7 heteroatoms. The maximum absolute atomic E-state index is 13.0. The lowest BCUT2D eigenvalue weighted by atomic mass is 9.97. The first-order valence-electron chi connectivity index (χ1n) is 4.34. The lowest BCUT2D eigenvalue weighted by Crippen LogP contribution is -2.59. The molecule has 0 rings (SSSR count). The minimum atomic E-state index is -5.96. The van der Waals surface area contributed by atoms with Gasteiger partial charge >= 0.3 is 12.1 Å². The van der Waals surface area contributed by atoms with E-state index in [2.05, 4.69) is 5.73 Å². The molecule has 0 aromatic heterocycles. The Balaban J connectivity index is 4.70. The van der Waals surface area contributed by atoms with Gasteiger partial charge in [0.25, 0.3) is 0 Å². The Kier molecular flexibility index (Phi) is 4.06. The molecule has 0 aliphatic heterocycles. The Bertz CT molecular complexity index is 208. The molecule has 0 saturated carbocycles. The summed E-state index contributed by atoms with van der Waals surface area (Å²) in [6.07, 6.45) is -7.14. The smallest absolute Gasteiger partial charge is 0.294 e. The molecule has 0 aromatic carbocycles. The van der Waals surface area contributed by atoms with E-state index in [0.717, 1.165) is 0 Å². The van der Waals surface area contributed by atoms with Gasteiger partial charge in [-0.25, -0.2) is 4.39 Å². The topological polar surface area (TPSA) is 26.0 Å². The lowest BCUT2D eigenvalue weighted by Gasteiger charge is -2.31. The third kappa shape index (κ3) is 3.25. The monoisotopic (exact) mass is 237 g/mol. The summed E-state index contributed by atoms with van der Waals surface area (Å²) in [5, 5.41) is 0. The molecule has 0 saturated heterocycles. The van der Waals surface area contributed by atoms with Crippen molar-refractivity contribution in [2.45, 2.75) is 44.6 Å². The third-order valence-electron chi connectivity index (χ3n) is 1.96. The highest BCUT2D eigenvalue weighted by Crippen LogP contribution is 2.45. The second-order valence-electron chi connectivity index (χ2n) is 3.87. The zero-order valence-electron chi connectivity index (χ0n) is 8.34. The van der Waals surface area contributed by atoms with Crippen LogP contribution in [0.3, 0.4) is 0 Å². The molecular formula is C8H13F6N. The van der Waals surface area contributed by atoms with Gasteiger partial charge in [0.05, 0.1) is 0 Å². The highest BCUT2D eigenvalue weighted by molar-refractivity contribution is 4.94. The van der Waals surface area contributed by atoms with Crippen LogP contribution in [0.2, 0.25) is 0 Å². The molecule has 0 aliphatic carbocycles. The third-order valence-corrected chi connectivity index (χ3v) is 1.96. The molecule has 0 amide bonds. The van der Waals surface area contributed by atoms with Crippen molar-refractivity contribution in [3.63, 3.8) is 0 Å². The first kappa shape index (κ1) is 14.5. The van der Waals surface area contributed by atoms with Gasteiger partial charge in [0.1, 0.15) is 0 Å². The van der Waals surface area contributed by atoms with E-state index in [-0.39, 0.29) is 12.3 Å². The molecule has 2 N–H and O–H groups in total. The molecule has 0 fully saturated rings. The molecule has 1 unspecified atom stereocenters. The molecule has 0 spiro atoms. The Morgan fingerprint density at radius 3 is 1.67 bits per heavy atom. The SMILES string of the molecule is CC(C)CCC(N)(F)C(F)(F)C(F)(F)F. The van der Waals surface area contributed by atoms with Crippen LogP contribution in [-0.4, -0.2) is 17.9 Å². The minimum absolute atomic E-state index is 0.140. The van der Waals surface area contributed by atoms with Crippen molar-refractivity contribution in [3.05, 3.63) is 0 Å². The van der Waals surface area contributed by atoms with Gasteiger partial charge in [-0.05, 0) is 12.3 Å². The van der Waals surface area contributed by atoms with E-state index in [1.54, 1.807) is 13.8 Å². The van der Waals surface area contributed by atoms with Crippen molar-refractivity contribution in [2.75, 3.05) is 0 Å². The molecule has 0 aromatic rings. The van der Waals surface area contributed by atoms with E-state index in [1.807, 2.05) is 0 Å². The summed E-state index contributed by atoms with van der Waals surface area (Å²) in [5.74, 6) is -9.77. The number of rotatable bonds is 4. The molecule has 92 valence electrons. The summed E-state index contributed by atoms with van der Waals surface area (Å²) in [7, 11) is 0. The van der Waals surface area contributed by atoms with E-state index >= 15 is 0 Å². The average molecular weight is 237 g/mol. The van der Waals surface area contributed by atoms with Crippen LogP contribution in [0.1, 0.15) is 26.7 Å². The van der Waals surface area contributed by atoms with Gasteiger partial charge in [-0.2, -0.15) is 22.0 Å². The Hall–Kier alpha value is -0.460. The molecule has 1 atom stereocenters. The predicted molar refractivity (Wildman–Crippen MR) is 43.1 cm³/mol. The van der Waals surface area contributed by atoms with E-state index in [0.29, 0.717) is 0 Å². The van der Waals surface area contributed by atoms with Gasteiger partial charge in [0, 0.05) is 6.42 Å². The summed E-state index contributed by atoms with van der Waals surface area (Å²) >= 11 is 0. The fourth-order valence-electron chi connectivity index (χ4n) is 0.891. The van der Waals surface area contributed by atoms with Gasteiger partial charge in [-0.15, -0.1) is 0 Å². The maximum Gasteiger partial charge on any atom is 0.458 e. The fourth-order valence-corrected chi connectivity index (χ4v) is 0.891. The molecule has 0 radical (unpaired) electrons. The summed E-state index contributed by atoms with van der Waals surface area (Å²) < 4.78 is 73.5. The number of hydrogen-bond acceptors (Lipinski definition) is 1. The standard InChI is InChI=1S/C8H13F6N/c1-5(2)3-4-6(9,15)7(10,11)8(12,13)14/h5H,3-4,15H2,1-2H3. The van der Waals surface area contributed by atoms with Crippen LogP contribution in [-0.2, 0) is 0 Å². The molecule has 0 heterocycles. The second kappa shape index (κ2) is 4.19. The van der Waals surface area contributed by atoms with E-state index in [4.69, 9.17) is 0 Å². The normalized spacial score (nSPS) is 18.0. The highest BCUT2D eigenvalue weighted by atomic mass is 19.4. The first-order valence-corrected chi connectivity index (χ1v) is 4.34. The molecular weight excluding hydrogens is 224 g/mol. The Labute approximate surface area is 83.6 Å². The quantitative estimate of drug-likeness (QED) is 0.589. The summed E-state index contributed by atoms with van der Waals surface area (Å²) in [6, 6.07) is 0. The lowest BCUT2D eigenvalue weighted by molar-refractivity contribution is -0.328. The highest BCUT2D eigenvalue weighted by Gasteiger charge is 2.69. The first-order chi connectivity index (χ1) is 6.42. The van der Waals surface area contributed by atoms with Gasteiger partial charge in [0.2, 0.25) is 5.79 Å². The van der Waals surface area contributed by atoms with Gasteiger partial charge in [-0.3, -0.25) is 5.73 Å². The van der Waals surface area contributed by atoms with Crippen molar-refractivity contribution >= 4 is 0 Å². The van der Waals surface area contributed by atoms with E-state index < -0.39 is 24.3 Å². The van der Waals surface area contributed by atoms with Gasteiger partial charge < -0.3 is 0 Å². The largest absolute Gasteiger partial charge is 0.458 e. The molecule has 15 heavy (non-hydrogen) atoms. The van der Waals surface area contributed by atoms with Crippen LogP contribution in [0.5, 0.6) is 0 Å². The van der Waals surface area contributed by atoms with Crippen LogP contribution in [0.25, 0.3) is 0 Å². The Morgan fingerprint density at radius 1 is 1.00 bits per heavy atom. The van der Waals surface area contributed by atoms with Crippen molar-refractivity contribution in [1.82, 2.24) is 0 Å². The van der Waals surface area contributed by atoms with Crippen molar-refractivity contribution < 1.29 is 26.3 Å². The second-order valence-corrected chi connectivity index (χ2v) is 3.87. The van der Waals surface area contributed by atoms with Crippen LogP contribution in [0.15, 0.2) is 0 Å². The number of alkyl halides is 6. The fraction of sp³-hybridized carbons (Fsp3) is 1.00. The Morgan fingerprint density at radius 2 is 1.40 bits per heavy atom. The van der Waals surface area contributed by atoms with E-state index in [9.17, 15) is 26.3 Å². The molecule has 0 aliphatic rings. The summed E-state index contributed by atoms with van der Waals surface area (Å²) in [6.45, 7) is 3.14.